The van der Waals surface area contributed by atoms with Crippen LogP contribution in [0, 0.1) is 15.9 Å². The van der Waals surface area contributed by atoms with E-state index in [2.05, 4.69) is 26.6 Å². The fourth-order valence-electron chi connectivity index (χ4n) is 1.65. The van der Waals surface area contributed by atoms with Crippen LogP contribution in [0.15, 0.2) is 46.9 Å². The highest BCUT2D eigenvalue weighted by atomic mass is 79.9. The molecular formula is C14H9BrFN3O3S. The smallest absolute Gasteiger partial charge is 0.271 e. The maximum Gasteiger partial charge on any atom is 0.271 e. The number of anilines is 1. The summed E-state index contributed by atoms with van der Waals surface area (Å²) in [4.78, 5) is 22.0. The number of hydrogen-bond donors (Lipinski definition) is 2. The van der Waals surface area contributed by atoms with E-state index in [0.717, 1.165) is 22.7 Å². The molecule has 0 saturated heterocycles. The molecule has 0 fully saturated rings. The summed E-state index contributed by atoms with van der Waals surface area (Å²) in [5.74, 6) is -1.21. The van der Waals surface area contributed by atoms with E-state index in [1.807, 2.05) is 0 Å². The number of carbonyl (C=O) groups excluding carboxylic acids is 1. The van der Waals surface area contributed by atoms with Gasteiger partial charge in [-0.2, -0.15) is 0 Å². The molecule has 0 heterocycles. The molecule has 9 heteroatoms. The van der Waals surface area contributed by atoms with Gasteiger partial charge in [0.1, 0.15) is 5.82 Å². The first-order chi connectivity index (χ1) is 10.9. The summed E-state index contributed by atoms with van der Waals surface area (Å²) in [5, 5.41) is 15.3. The summed E-state index contributed by atoms with van der Waals surface area (Å²) in [6, 6.07) is 9.50. The Labute approximate surface area is 144 Å². The first-order valence-electron chi connectivity index (χ1n) is 6.18. The maximum absolute atomic E-state index is 13.6. The molecule has 0 aliphatic carbocycles. The predicted octanol–water partition coefficient (Wildman–Crippen LogP) is 3.62. The number of thiocarbonyl (C=S) groups is 1. The third-order valence-electron chi connectivity index (χ3n) is 2.74. The molecule has 2 aromatic rings. The zero-order chi connectivity index (χ0) is 17.0. The zero-order valence-corrected chi connectivity index (χ0v) is 13.8. The average molecular weight is 398 g/mol. The summed E-state index contributed by atoms with van der Waals surface area (Å²) >= 11 is 8.17. The molecule has 0 saturated carbocycles. The predicted molar refractivity (Wildman–Crippen MR) is 90.9 cm³/mol. The molecule has 0 bridgehead atoms. The van der Waals surface area contributed by atoms with Crippen molar-refractivity contribution in [3.05, 3.63) is 68.4 Å². The molecule has 0 radical (unpaired) electrons. The Morgan fingerprint density at radius 1 is 1.22 bits per heavy atom. The third-order valence-corrected chi connectivity index (χ3v) is 3.48. The minimum atomic E-state index is -0.726. The van der Waals surface area contributed by atoms with Gasteiger partial charge in [-0.3, -0.25) is 20.2 Å². The number of nitro groups is 1. The van der Waals surface area contributed by atoms with Crippen LogP contribution in [-0.4, -0.2) is 15.9 Å². The third kappa shape index (κ3) is 4.54. The number of non-ortho nitro benzene ring substituents is 1. The molecule has 0 unspecified atom stereocenters. The van der Waals surface area contributed by atoms with Gasteiger partial charge in [-0.1, -0.05) is 15.9 Å². The van der Waals surface area contributed by atoms with Crippen molar-refractivity contribution in [2.45, 2.75) is 0 Å². The number of rotatable bonds is 3. The lowest BCUT2D eigenvalue weighted by Gasteiger charge is -2.10. The van der Waals surface area contributed by atoms with E-state index in [1.165, 1.54) is 0 Å². The number of halogens is 2. The fourth-order valence-corrected chi connectivity index (χ4v) is 2.12. The van der Waals surface area contributed by atoms with E-state index in [1.54, 1.807) is 24.3 Å². The number of amides is 1. The quantitative estimate of drug-likeness (QED) is 0.469. The van der Waals surface area contributed by atoms with E-state index in [9.17, 15) is 19.3 Å². The Morgan fingerprint density at radius 3 is 2.48 bits per heavy atom. The van der Waals surface area contributed by atoms with Gasteiger partial charge in [0, 0.05) is 22.2 Å². The first-order valence-corrected chi connectivity index (χ1v) is 7.39. The second-order valence-corrected chi connectivity index (χ2v) is 5.66. The number of nitrogens with zero attached hydrogens (tertiary/aromatic N) is 1. The van der Waals surface area contributed by atoms with Gasteiger partial charge >= 0.3 is 0 Å². The molecule has 2 rings (SSSR count). The lowest BCUT2D eigenvalue weighted by molar-refractivity contribution is -0.384. The Morgan fingerprint density at radius 2 is 1.87 bits per heavy atom. The fraction of sp³-hybridized carbons (Fsp3) is 0. The molecule has 0 atom stereocenters. The maximum atomic E-state index is 13.6. The number of benzene rings is 2. The molecule has 0 aliphatic rings. The number of nitrogens with one attached hydrogen (secondary N) is 2. The summed E-state index contributed by atoms with van der Waals surface area (Å²) in [5.41, 5.74) is -0.131. The van der Waals surface area contributed by atoms with Gasteiger partial charge in [-0.05, 0) is 42.5 Å². The van der Waals surface area contributed by atoms with Gasteiger partial charge in [0.15, 0.2) is 5.11 Å². The molecule has 0 spiro atoms. The highest BCUT2D eigenvalue weighted by molar-refractivity contribution is 9.10. The number of hydrogen-bond acceptors (Lipinski definition) is 4. The standard InChI is InChI=1S/C14H9BrFN3O3S/c15-9-3-1-8(2-4-9)13(20)18-14(23)17-12-7-10(19(21)22)5-6-11(12)16/h1-7H,(H2,17,18,20,23). The van der Waals surface area contributed by atoms with E-state index >= 15 is 0 Å². The van der Waals surface area contributed by atoms with E-state index < -0.39 is 16.6 Å². The van der Waals surface area contributed by atoms with Crippen LogP contribution in [0.2, 0.25) is 0 Å². The highest BCUT2D eigenvalue weighted by Gasteiger charge is 2.13. The van der Waals surface area contributed by atoms with Gasteiger partial charge in [0.25, 0.3) is 11.6 Å². The van der Waals surface area contributed by atoms with Crippen LogP contribution in [-0.2, 0) is 0 Å². The van der Waals surface area contributed by atoms with Crippen LogP contribution in [0.4, 0.5) is 15.8 Å². The second kappa shape index (κ2) is 7.25. The van der Waals surface area contributed by atoms with Crippen LogP contribution in [0.3, 0.4) is 0 Å². The van der Waals surface area contributed by atoms with Gasteiger partial charge < -0.3 is 5.32 Å². The number of nitro benzene ring substituents is 1. The SMILES string of the molecule is O=C(NC(=S)Nc1cc([N+](=O)[O-])ccc1F)c1ccc(Br)cc1. The van der Waals surface area contributed by atoms with Crippen molar-refractivity contribution in [2.24, 2.45) is 0 Å². The summed E-state index contributed by atoms with van der Waals surface area (Å²) in [6.45, 7) is 0. The van der Waals surface area contributed by atoms with Gasteiger partial charge in [-0.15, -0.1) is 0 Å². The average Bonchev–Trinajstić information content (AvgIpc) is 2.49. The van der Waals surface area contributed by atoms with Crippen LogP contribution in [0.25, 0.3) is 0 Å². The van der Waals surface area contributed by atoms with Crippen molar-refractivity contribution >= 4 is 50.5 Å². The Hall–Kier alpha value is -2.39. The Bertz CT molecular complexity index is 783. The van der Waals surface area contributed by atoms with Gasteiger partial charge in [0.05, 0.1) is 10.6 Å². The normalized spacial score (nSPS) is 10.0. The van der Waals surface area contributed by atoms with Crippen LogP contribution in [0.5, 0.6) is 0 Å². The molecule has 23 heavy (non-hydrogen) atoms. The molecule has 0 aliphatic heterocycles. The van der Waals surface area contributed by atoms with Crippen molar-refractivity contribution < 1.29 is 14.1 Å². The summed E-state index contributed by atoms with van der Waals surface area (Å²) < 4.78 is 14.4. The van der Waals surface area contributed by atoms with Crippen molar-refractivity contribution in [3.8, 4) is 0 Å². The van der Waals surface area contributed by atoms with Crippen molar-refractivity contribution in [2.75, 3.05) is 5.32 Å². The number of carbonyl (C=O) groups is 1. The zero-order valence-electron chi connectivity index (χ0n) is 11.4. The lowest BCUT2D eigenvalue weighted by atomic mass is 10.2. The minimum absolute atomic E-state index is 0.169. The van der Waals surface area contributed by atoms with Crippen molar-refractivity contribution in [1.29, 1.82) is 0 Å². The molecule has 2 aromatic carbocycles. The summed E-state index contributed by atoms with van der Waals surface area (Å²) in [6.07, 6.45) is 0. The van der Waals surface area contributed by atoms with E-state index in [-0.39, 0.29) is 16.5 Å². The lowest BCUT2D eigenvalue weighted by Crippen LogP contribution is -2.34. The second-order valence-electron chi connectivity index (χ2n) is 4.34. The van der Waals surface area contributed by atoms with Crippen LogP contribution in [0.1, 0.15) is 10.4 Å². The molecule has 118 valence electrons. The topological polar surface area (TPSA) is 84.3 Å². The Kier molecular flexibility index (Phi) is 5.35. The van der Waals surface area contributed by atoms with Gasteiger partial charge in [0.2, 0.25) is 0 Å². The molecule has 2 N–H and O–H groups in total. The molecule has 0 aromatic heterocycles. The highest BCUT2D eigenvalue weighted by Crippen LogP contribution is 2.21. The largest absolute Gasteiger partial charge is 0.330 e. The minimum Gasteiger partial charge on any atom is -0.330 e. The van der Waals surface area contributed by atoms with Crippen LogP contribution >= 0.6 is 28.1 Å². The monoisotopic (exact) mass is 397 g/mol. The first kappa shape index (κ1) is 17.0. The van der Waals surface area contributed by atoms with Crippen molar-refractivity contribution in [3.63, 3.8) is 0 Å². The Balaban J connectivity index is 2.07. The van der Waals surface area contributed by atoms with E-state index in [4.69, 9.17) is 12.2 Å². The van der Waals surface area contributed by atoms with E-state index in [0.29, 0.717) is 5.56 Å². The molecular weight excluding hydrogens is 389 g/mol. The molecule has 1 amide bonds. The summed E-state index contributed by atoms with van der Waals surface area (Å²) in [7, 11) is 0. The molecule has 6 nitrogen and oxygen atoms in total. The van der Waals surface area contributed by atoms with Crippen molar-refractivity contribution in [1.82, 2.24) is 5.32 Å². The van der Waals surface area contributed by atoms with Gasteiger partial charge in [-0.25, -0.2) is 4.39 Å². The van der Waals surface area contributed by atoms with Crippen LogP contribution < -0.4 is 10.6 Å².